The minimum atomic E-state index is 0.586. The predicted octanol–water partition coefficient (Wildman–Crippen LogP) is 3.82. The first-order valence-electron chi connectivity index (χ1n) is 7.35. The molecule has 4 rings (SSSR count). The Morgan fingerprint density at radius 1 is 1.09 bits per heavy atom. The van der Waals surface area contributed by atoms with E-state index in [0.717, 1.165) is 22.4 Å². The number of para-hydroxylation sites is 1. The summed E-state index contributed by atoms with van der Waals surface area (Å²) in [5.74, 6) is 1.99. The average Bonchev–Trinajstić information content (AvgIpc) is 3.23. The molecule has 1 N–H and O–H groups in total. The molecule has 0 bridgehead atoms. The molecule has 2 heterocycles. The van der Waals surface area contributed by atoms with E-state index in [1.165, 1.54) is 5.39 Å². The van der Waals surface area contributed by atoms with Gasteiger partial charge in [-0.05, 0) is 35.9 Å². The lowest BCUT2D eigenvalue weighted by Crippen LogP contribution is -1.88. The summed E-state index contributed by atoms with van der Waals surface area (Å²) in [6, 6.07) is 15.8. The SMILES string of the molecule is COc1ccc(-c2noc(Cc3c[nH]c4ccccc34)n2)cc1. The maximum Gasteiger partial charge on any atom is 0.231 e. The number of hydrogen-bond donors (Lipinski definition) is 1. The molecule has 0 radical (unpaired) electrons. The van der Waals surface area contributed by atoms with E-state index in [1.54, 1.807) is 7.11 Å². The van der Waals surface area contributed by atoms with Crippen LogP contribution in [0.15, 0.2) is 59.3 Å². The van der Waals surface area contributed by atoms with E-state index in [0.29, 0.717) is 18.1 Å². The molecule has 23 heavy (non-hydrogen) atoms. The summed E-state index contributed by atoms with van der Waals surface area (Å²) in [5.41, 5.74) is 3.16. The molecule has 0 unspecified atom stereocenters. The predicted molar refractivity (Wildman–Crippen MR) is 87.4 cm³/mol. The number of H-pyrrole nitrogens is 1. The molecule has 4 aromatic rings. The molecule has 5 heteroatoms. The van der Waals surface area contributed by atoms with Crippen molar-refractivity contribution in [1.82, 2.24) is 15.1 Å². The molecule has 0 aliphatic rings. The molecular formula is C18H15N3O2. The van der Waals surface area contributed by atoms with Crippen LogP contribution in [0.1, 0.15) is 11.5 Å². The molecule has 0 saturated carbocycles. The Morgan fingerprint density at radius 2 is 1.91 bits per heavy atom. The molecule has 2 aromatic heterocycles. The van der Waals surface area contributed by atoms with Crippen molar-refractivity contribution in [1.29, 1.82) is 0 Å². The highest BCUT2D eigenvalue weighted by Gasteiger charge is 2.11. The zero-order chi connectivity index (χ0) is 15.6. The van der Waals surface area contributed by atoms with Crippen LogP contribution in [0.2, 0.25) is 0 Å². The number of methoxy groups -OCH3 is 1. The zero-order valence-electron chi connectivity index (χ0n) is 12.6. The van der Waals surface area contributed by atoms with Gasteiger partial charge in [0.15, 0.2) is 0 Å². The number of nitrogens with zero attached hydrogens (tertiary/aromatic N) is 2. The number of fused-ring (bicyclic) bond motifs is 1. The number of benzene rings is 2. The molecule has 0 fully saturated rings. The molecule has 0 amide bonds. The summed E-state index contributed by atoms with van der Waals surface area (Å²) in [4.78, 5) is 7.74. The molecule has 0 saturated heterocycles. The van der Waals surface area contributed by atoms with Gasteiger partial charge in [0, 0.05) is 22.7 Å². The van der Waals surface area contributed by atoms with Crippen LogP contribution in [-0.2, 0) is 6.42 Å². The van der Waals surface area contributed by atoms with Crippen molar-refractivity contribution in [3.05, 3.63) is 66.2 Å². The fourth-order valence-corrected chi connectivity index (χ4v) is 2.62. The smallest absolute Gasteiger partial charge is 0.231 e. The lowest BCUT2D eigenvalue weighted by Gasteiger charge is -1.98. The number of aromatic amines is 1. The Labute approximate surface area is 132 Å². The lowest BCUT2D eigenvalue weighted by molar-refractivity contribution is 0.386. The van der Waals surface area contributed by atoms with Crippen LogP contribution in [0.25, 0.3) is 22.3 Å². The second-order valence-electron chi connectivity index (χ2n) is 5.28. The topological polar surface area (TPSA) is 63.9 Å². The van der Waals surface area contributed by atoms with Crippen molar-refractivity contribution in [3.8, 4) is 17.1 Å². The van der Waals surface area contributed by atoms with Gasteiger partial charge in [0.05, 0.1) is 13.5 Å². The molecule has 0 aliphatic heterocycles. The highest BCUT2D eigenvalue weighted by atomic mass is 16.5. The number of rotatable bonds is 4. The fraction of sp³-hybridized carbons (Fsp3) is 0.111. The van der Waals surface area contributed by atoms with Gasteiger partial charge in [-0.1, -0.05) is 23.4 Å². The molecular weight excluding hydrogens is 290 g/mol. The summed E-state index contributed by atoms with van der Waals surface area (Å²) in [5, 5.41) is 5.24. The van der Waals surface area contributed by atoms with Crippen LogP contribution in [0.4, 0.5) is 0 Å². The normalized spacial score (nSPS) is 11.0. The molecule has 114 valence electrons. The first-order chi connectivity index (χ1) is 11.3. The van der Waals surface area contributed by atoms with Gasteiger partial charge in [0.1, 0.15) is 5.75 Å². The molecule has 0 atom stereocenters. The summed E-state index contributed by atoms with van der Waals surface area (Å²) in [7, 11) is 1.64. The van der Waals surface area contributed by atoms with E-state index in [1.807, 2.05) is 42.6 Å². The van der Waals surface area contributed by atoms with Crippen molar-refractivity contribution in [2.45, 2.75) is 6.42 Å². The Balaban J connectivity index is 1.60. The maximum absolute atomic E-state index is 5.39. The van der Waals surface area contributed by atoms with Gasteiger partial charge in [-0.3, -0.25) is 0 Å². The molecule has 0 spiro atoms. The Kier molecular flexibility index (Phi) is 3.31. The maximum atomic E-state index is 5.39. The van der Waals surface area contributed by atoms with Crippen molar-refractivity contribution in [2.24, 2.45) is 0 Å². The van der Waals surface area contributed by atoms with Crippen LogP contribution in [0.3, 0.4) is 0 Å². The largest absolute Gasteiger partial charge is 0.497 e. The fourth-order valence-electron chi connectivity index (χ4n) is 2.62. The highest BCUT2D eigenvalue weighted by molar-refractivity contribution is 5.83. The molecule has 2 aromatic carbocycles. The van der Waals surface area contributed by atoms with Crippen molar-refractivity contribution < 1.29 is 9.26 Å². The van der Waals surface area contributed by atoms with Gasteiger partial charge in [-0.15, -0.1) is 0 Å². The zero-order valence-corrected chi connectivity index (χ0v) is 12.6. The molecule has 5 nitrogen and oxygen atoms in total. The van der Waals surface area contributed by atoms with Gasteiger partial charge in [-0.2, -0.15) is 4.98 Å². The molecule has 0 aliphatic carbocycles. The summed E-state index contributed by atoms with van der Waals surface area (Å²) in [6.07, 6.45) is 2.59. The quantitative estimate of drug-likeness (QED) is 0.622. The second kappa shape index (κ2) is 5.61. The first kappa shape index (κ1) is 13.6. The lowest BCUT2D eigenvalue weighted by atomic mass is 10.1. The third kappa shape index (κ3) is 2.57. The Hall–Kier alpha value is -3.08. The second-order valence-corrected chi connectivity index (χ2v) is 5.28. The van der Waals surface area contributed by atoms with Gasteiger partial charge in [0.25, 0.3) is 0 Å². The van der Waals surface area contributed by atoms with Crippen LogP contribution >= 0.6 is 0 Å². The summed E-state index contributed by atoms with van der Waals surface area (Å²) < 4.78 is 10.5. The summed E-state index contributed by atoms with van der Waals surface area (Å²) >= 11 is 0. The van der Waals surface area contributed by atoms with Crippen LogP contribution in [-0.4, -0.2) is 22.2 Å². The number of aromatic nitrogens is 3. The number of nitrogens with one attached hydrogen (secondary N) is 1. The number of hydrogen-bond acceptors (Lipinski definition) is 4. The highest BCUT2D eigenvalue weighted by Crippen LogP contribution is 2.23. The van der Waals surface area contributed by atoms with Crippen molar-refractivity contribution in [2.75, 3.05) is 7.11 Å². The van der Waals surface area contributed by atoms with E-state index < -0.39 is 0 Å². The van der Waals surface area contributed by atoms with Crippen LogP contribution < -0.4 is 4.74 Å². The minimum Gasteiger partial charge on any atom is -0.497 e. The Morgan fingerprint density at radius 3 is 2.74 bits per heavy atom. The van der Waals surface area contributed by atoms with Gasteiger partial charge < -0.3 is 14.2 Å². The first-order valence-corrected chi connectivity index (χ1v) is 7.35. The van der Waals surface area contributed by atoms with E-state index in [2.05, 4.69) is 27.3 Å². The average molecular weight is 305 g/mol. The third-order valence-corrected chi connectivity index (χ3v) is 3.83. The summed E-state index contributed by atoms with van der Waals surface area (Å²) in [6.45, 7) is 0. The van der Waals surface area contributed by atoms with E-state index in [9.17, 15) is 0 Å². The van der Waals surface area contributed by atoms with E-state index in [-0.39, 0.29) is 0 Å². The monoisotopic (exact) mass is 305 g/mol. The van der Waals surface area contributed by atoms with E-state index in [4.69, 9.17) is 9.26 Å². The van der Waals surface area contributed by atoms with Crippen molar-refractivity contribution >= 4 is 10.9 Å². The van der Waals surface area contributed by atoms with Gasteiger partial charge in [-0.25, -0.2) is 0 Å². The van der Waals surface area contributed by atoms with Gasteiger partial charge >= 0.3 is 0 Å². The third-order valence-electron chi connectivity index (χ3n) is 3.83. The van der Waals surface area contributed by atoms with Gasteiger partial charge in [0.2, 0.25) is 11.7 Å². The standard InChI is InChI=1S/C18H15N3O2/c1-22-14-8-6-12(7-9-14)18-20-17(23-21-18)10-13-11-19-16-5-3-2-4-15(13)16/h2-9,11,19H,10H2,1H3. The van der Waals surface area contributed by atoms with E-state index >= 15 is 0 Å². The Bertz CT molecular complexity index is 938. The van der Waals surface area contributed by atoms with Crippen molar-refractivity contribution in [3.63, 3.8) is 0 Å². The number of ether oxygens (including phenoxy) is 1. The minimum absolute atomic E-state index is 0.586. The van der Waals surface area contributed by atoms with Crippen LogP contribution in [0, 0.1) is 0 Å². The van der Waals surface area contributed by atoms with Crippen LogP contribution in [0.5, 0.6) is 5.75 Å².